The van der Waals surface area contributed by atoms with Gasteiger partial charge in [0.1, 0.15) is 11.4 Å². The van der Waals surface area contributed by atoms with Crippen LogP contribution < -0.4 is 10.1 Å². The van der Waals surface area contributed by atoms with Gasteiger partial charge in [0.25, 0.3) is 0 Å². The molecule has 2 N–H and O–H groups in total. The van der Waals surface area contributed by atoms with Crippen molar-refractivity contribution < 1.29 is 32.7 Å². The van der Waals surface area contributed by atoms with Crippen molar-refractivity contribution in [1.82, 2.24) is 5.32 Å². The number of hydrogen-bond donors (Lipinski definition) is 2. The van der Waals surface area contributed by atoms with E-state index in [9.17, 15) is 14.7 Å². The molecule has 0 aromatic heterocycles. The number of amides is 1. The van der Waals surface area contributed by atoms with E-state index in [1.807, 2.05) is 50.3 Å². The summed E-state index contributed by atoms with van der Waals surface area (Å²) < 4.78 is 23.2. The lowest BCUT2D eigenvalue weighted by atomic mass is 10.2. The summed E-state index contributed by atoms with van der Waals surface area (Å²) in [7, 11) is -3.16. The molecule has 10 heteroatoms. The van der Waals surface area contributed by atoms with Crippen molar-refractivity contribution in [2.45, 2.75) is 39.8 Å². The molecule has 27 heavy (non-hydrogen) atoms. The summed E-state index contributed by atoms with van der Waals surface area (Å²) in [6, 6.07) is 4.50. The van der Waals surface area contributed by atoms with Crippen molar-refractivity contribution in [3.63, 3.8) is 0 Å². The van der Waals surface area contributed by atoms with E-state index in [1.54, 1.807) is 0 Å². The average Bonchev–Trinajstić information content (AvgIpc) is 2.61. The van der Waals surface area contributed by atoms with Crippen molar-refractivity contribution in [2.75, 3.05) is 19.8 Å². The largest absolute Gasteiger partial charge is 0.524 e. The Morgan fingerprint density at radius 2 is 1.67 bits per heavy atom. The maximum Gasteiger partial charge on any atom is 0.524 e. The number of hydrogen-bond acceptors (Lipinski definition) is 6. The van der Waals surface area contributed by atoms with Crippen molar-refractivity contribution in [2.24, 2.45) is 0 Å². The fourth-order valence-electron chi connectivity index (χ4n) is 2.50. The van der Waals surface area contributed by atoms with E-state index in [0.29, 0.717) is 29.8 Å². The highest BCUT2D eigenvalue weighted by atomic mass is 127. The van der Waals surface area contributed by atoms with Crippen LogP contribution in [0.5, 0.6) is 5.75 Å². The molecule has 0 radical (unpaired) electrons. The van der Waals surface area contributed by atoms with Crippen LogP contribution in [0, 0.1) is 3.57 Å². The molecule has 0 heterocycles. The Labute approximate surface area is 174 Å². The van der Waals surface area contributed by atoms with E-state index in [2.05, 4.69) is 5.32 Å². The molecule has 1 rings (SSSR count). The smallest absolute Gasteiger partial charge is 0.478 e. The summed E-state index contributed by atoms with van der Waals surface area (Å²) in [5.74, 6) is -0.925. The van der Waals surface area contributed by atoms with Crippen LogP contribution in [0.4, 0.5) is 4.79 Å². The summed E-state index contributed by atoms with van der Waals surface area (Å²) in [6.45, 7) is 8.56. The molecule has 1 amide bonds. The number of halogens is 1. The molecule has 0 saturated carbocycles. The zero-order valence-corrected chi connectivity index (χ0v) is 19.1. The molecule has 0 saturated heterocycles. The fraction of sp³-hybridized carbons (Fsp3) is 0.529. The lowest BCUT2D eigenvalue weighted by Gasteiger charge is -2.34. The predicted molar refractivity (Wildman–Crippen MR) is 110 cm³/mol. The van der Waals surface area contributed by atoms with Crippen molar-refractivity contribution in [1.29, 1.82) is 0 Å². The molecule has 1 unspecified atom stereocenters. The predicted octanol–water partition coefficient (Wildman–Crippen LogP) is 3.44. The van der Waals surface area contributed by atoms with Crippen molar-refractivity contribution in [3.05, 3.63) is 27.3 Å². The van der Waals surface area contributed by atoms with Crippen LogP contribution >= 0.6 is 22.6 Å². The normalized spacial score (nSPS) is 12.5. The zero-order chi connectivity index (χ0) is 20.4. The number of nitrogens with one attached hydrogen (secondary N) is 1. The highest BCUT2D eigenvalue weighted by Crippen LogP contribution is 2.25. The number of ether oxygens (including phenoxy) is 1. The SMILES string of the molecule is CCO[Si](OCC)(OCC)C(CC)NC(=O)Oc1cccc(C(=O)O)c1I. The molecule has 0 aliphatic carbocycles. The number of rotatable bonds is 11. The highest BCUT2D eigenvalue weighted by Gasteiger charge is 2.49. The number of carboxylic acid groups (broad SMARTS) is 1. The van der Waals surface area contributed by atoms with Gasteiger partial charge < -0.3 is 28.4 Å². The summed E-state index contributed by atoms with van der Waals surface area (Å²) in [6.07, 6.45) is -0.202. The maximum atomic E-state index is 12.4. The lowest BCUT2D eigenvalue weighted by molar-refractivity contribution is 0.0572. The average molecular weight is 511 g/mol. The van der Waals surface area contributed by atoms with Crippen molar-refractivity contribution >= 4 is 43.5 Å². The second-order valence-electron chi connectivity index (χ2n) is 5.32. The summed E-state index contributed by atoms with van der Waals surface area (Å²) in [5, 5.41) is 11.9. The summed E-state index contributed by atoms with van der Waals surface area (Å²) in [5.41, 5.74) is -0.431. The summed E-state index contributed by atoms with van der Waals surface area (Å²) in [4.78, 5) is 23.7. The standard InChI is InChI=1S/C17H26INO7Si/c1-5-14(27(23-6-2,24-7-3)25-8-4)19-17(22)26-13-11-9-10-12(15(13)18)16(20)21/h9-11,14H,5-8H2,1-4H3,(H,19,22)(H,20,21). The first-order valence-corrected chi connectivity index (χ1v) is 11.6. The van der Waals surface area contributed by atoms with Gasteiger partial charge in [0.2, 0.25) is 0 Å². The lowest BCUT2D eigenvalue weighted by Crippen LogP contribution is -2.63. The van der Waals surface area contributed by atoms with Crippen LogP contribution in [0.25, 0.3) is 0 Å². The van der Waals surface area contributed by atoms with Crippen LogP contribution in [-0.4, -0.2) is 51.5 Å². The van der Waals surface area contributed by atoms with E-state index >= 15 is 0 Å². The fourth-order valence-corrected chi connectivity index (χ4v) is 6.05. The van der Waals surface area contributed by atoms with Crippen LogP contribution in [0.2, 0.25) is 0 Å². The number of aromatic carboxylic acids is 1. The Morgan fingerprint density at radius 1 is 1.11 bits per heavy atom. The first-order chi connectivity index (χ1) is 12.8. The zero-order valence-electron chi connectivity index (χ0n) is 15.9. The molecule has 0 aliphatic rings. The Hall–Kier alpha value is -1.21. The third-order valence-corrected chi connectivity index (χ3v) is 8.15. The Bertz CT molecular complexity index is 627. The van der Waals surface area contributed by atoms with Gasteiger partial charge in [-0.15, -0.1) is 0 Å². The minimum Gasteiger partial charge on any atom is -0.478 e. The van der Waals surface area contributed by atoms with E-state index in [-0.39, 0.29) is 11.3 Å². The first kappa shape index (κ1) is 23.8. The molecule has 1 atom stereocenters. The van der Waals surface area contributed by atoms with Gasteiger partial charge in [-0.05, 0) is 61.9 Å². The topological polar surface area (TPSA) is 103 Å². The van der Waals surface area contributed by atoms with Gasteiger partial charge in [-0.2, -0.15) is 0 Å². The van der Waals surface area contributed by atoms with Gasteiger partial charge in [0.15, 0.2) is 0 Å². The van der Waals surface area contributed by atoms with Crippen LogP contribution in [0.1, 0.15) is 44.5 Å². The third-order valence-electron chi connectivity index (χ3n) is 3.56. The number of carbonyl (C=O) groups is 2. The minimum atomic E-state index is -3.16. The highest BCUT2D eigenvalue weighted by molar-refractivity contribution is 14.1. The maximum absolute atomic E-state index is 12.4. The first-order valence-electron chi connectivity index (χ1n) is 8.77. The Balaban J connectivity index is 3.00. The molecule has 0 fully saturated rings. The van der Waals surface area contributed by atoms with Crippen LogP contribution in [0.3, 0.4) is 0 Å². The molecule has 0 spiro atoms. The van der Waals surface area contributed by atoms with Crippen LogP contribution in [0.15, 0.2) is 18.2 Å². The summed E-state index contributed by atoms with van der Waals surface area (Å²) >= 11 is 1.84. The van der Waals surface area contributed by atoms with Gasteiger partial charge in [-0.1, -0.05) is 13.0 Å². The van der Waals surface area contributed by atoms with E-state index in [0.717, 1.165) is 0 Å². The van der Waals surface area contributed by atoms with Gasteiger partial charge in [0.05, 0.1) is 9.13 Å². The minimum absolute atomic E-state index is 0.0645. The third kappa shape index (κ3) is 6.42. The monoisotopic (exact) mass is 511 g/mol. The van der Waals surface area contributed by atoms with Crippen molar-refractivity contribution in [3.8, 4) is 5.75 Å². The van der Waals surface area contributed by atoms with E-state index in [4.69, 9.17) is 18.0 Å². The van der Waals surface area contributed by atoms with E-state index < -0.39 is 26.5 Å². The Kier molecular flexibility index (Phi) is 10.2. The molecule has 152 valence electrons. The quantitative estimate of drug-likeness (QED) is 0.347. The van der Waals surface area contributed by atoms with Gasteiger partial charge in [-0.3, -0.25) is 0 Å². The molecule has 8 nitrogen and oxygen atoms in total. The second-order valence-corrected chi connectivity index (χ2v) is 9.17. The molecular weight excluding hydrogens is 485 g/mol. The molecule has 1 aromatic carbocycles. The molecule has 0 aliphatic heterocycles. The van der Waals surface area contributed by atoms with E-state index in [1.165, 1.54) is 18.2 Å². The second kappa shape index (κ2) is 11.6. The van der Waals surface area contributed by atoms with Gasteiger partial charge >= 0.3 is 20.9 Å². The Morgan fingerprint density at radius 3 is 2.11 bits per heavy atom. The van der Waals surface area contributed by atoms with Gasteiger partial charge in [-0.25, -0.2) is 9.59 Å². The number of carbonyl (C=O) groups excluding carboxylic acids is 1. The molecule has 0 bridgehead atoms. The van der Waals surface area contributed by atoms with Crippen LogP contribution in [-0.2, 0) is 13.3 Å². The van der Waals surface area contributed by atoms with Gasteiger partial charge in [0, 0.05) is 19.8 Å². The molecular formula is C17H26INO7Si. The number of benzene rings is 1. The molecule has 1 aromatic rings. The number of carboxylic acids is 1.